The molecule has 0 N–H and O–H groups in total. The van der Waals surface area contributed by atoms with Crippen LogP contribution in [-0.2, 0) is 6.42 Å². The zero-order chi connectivity index (χ0) is 26.1. The Morgan fingerprint density at radius 2 is 1.78 bits per heavy atom. The highest BCUT2D eigenvalue weighted by atomic mass is 16.5. The first kappa shape index (κ1) is 24.4. The van der Waals surface area contributed by atoms with Gasteiger partial charge in [0.25, 0.3) is 5.91 Å². The summed E-state index contributed by atoms with van der Waals surface area (Å²) in [6.45, 7) is 4.59. The molecule has 0 radical (unpaired) electrons. The molecule has 0 saturated heterocycles. The van der Waals surface area contributed by atoms with E-state index in [9.17, 15) is 9.59 Å². The molecule has 37 heavy (non-hydrogen) atoms. The third-order valence-electron chi connectivity index (χ3n) is 6.86. The van der Waals surface area contributed by atoms with Gasteiger partial charge >= 0.3 is 5.63 Å². The number of ether oxygens (including phenoxy) is 3. The maximum atomic E-state index is 13.7. The topological polar surface area (TPSA) is 78.2 Å². The molecule has 3 aromatic carbocycles. The van der Waals surface area contributed by atoms with Gasteiger partial charge in [-0.05, 0) is 73.4 Å². The lowest BCUT2D eigenvalue weighted by Gasteiger charge is -2.37. The van der Waals surface area contributed by atoms with Crippen molar-refractivity contribution >= 4 is 16.9 Å². The average Bonchev–Trinajstić information content (AvgIpc) is 2.90. The van der Waals surface area contributed by atoms with Gasteiger partial charge < -0.3 is 23.5 Å². The summed E-state index contributed by atoms with van der Waals surface area (Å²) in [7, 11) is 3.21. The maximum absolute atomic E-state index is 13.7. The number of carbonyl (C=O) groups is 1. The Bertz CT molecular complexity index is 1540. The summed E-state index contributed by atoms with van der Waals surface area (Å²) in [5.41, 5.74) is 4.60. The number of hydrogen-bond donors (Lipinski definition) is 0. The lowest BCUT2D eigenvalue weighted by Crippen LogP contribution is -2.42. The number of benzene rings is 3. The van der Waals surface area contributed by atoms with Crippen molar-refractivity contribution in [3.8, 4) is 17.2 Å². The molecule has 0 bridgehead atoms. The summed E-state index contributed by atoms with van der Waals surface area (Å²) in [5, 5.41) is 0.850. The van der Waals surface area contributed by atoms with Crippen LogP contribution in [0.3, 0.4) is 0 Å². The first-order valence-corrected chi connectivity index (χ1v) is 12.2. The van der Waals surface area contributed by atoms with Crippen LogP contribution in [0.2, 0.25) is 0 Å². The molecule has 1 amide bonds. The highest BCUT2D eigenvalue weighted by molar-refractivity contribution is 5.95. The second-order valence-electron chi connectivity index (χ2n) is 9.26. The van der Waals surface area contributed by atoms with E-state index in [0.29, 0.717) is 41.4 Å². The van der Waals surface area contributed by atoms with E-state index in [-0.39, 0.29) is 18.6 Å². The molecule has 0 aliphatic carbocycles. The van der Waals surface area contributed by atoms with Gasteiger partial charge in [-0.3, -0.25) is 4.79 Å². The van der Waals surface area contributed by atoms with E-state index in [1.54, 1.807) is 20.3 Å². The average molecular weight is 500 g/mol. The molecule has 1 aromatic heterocycles. The van der Waals surface area contributed by atoms with E-state index in [0.717, 1.165) is 27.6 Å². The molecule has 0 saturated carbocycles. The van der Waals surface area contributed by atoms with Crippen LogP contribution in [0.4, 0.5) is 0 Å². The van der Waals surface area contributed by atoms with E-state index >= 15 is 0 Å². The normalized spacial score (nSPS) is 14.8. The van der Waals surface area contributed by atoms with Crippen molar-refractivity contribution in [3.63, 3.8) is 0 Å². The van der Waals surface area contributed by atoms with Crippen molar-refractivity contribution in [2.45, 2.75) is 26.3 Å². The SMILES string of the molecule is COc1cc2c(cc1OC)C(COc1ccc3c(C)cc(=O)oc3c1)N(C(=O)c1cccc(C)c1)CC2. The first-order chi connectivity index (χ1) is 17.9. The first-order valence-electron chi connectivity index (χ1n) is 12.2. The van der Waals surface area contributed by atoms with Gasteiger partial charge in [0.2, 0.25) is 0 Å². The molecular weight excluding hydrogens is 470 g/mol. The summed E-state index contributed by atoms with van der Waals surface area (Å²) in [5.74, 6) is 1.74. The number of amides is 1. The molecule has 1 atom stereocenters. The van der Waals surface area contributed by atoms with E-state index in [1.165, 1.54) is 6.07 Å². The minimum atomic E-state index is -0.403. The predicted molar refractivity (Wildman–Crippen MR) is 141 cm³/mol. The third-order valence-corrected chi connectivity index (χ3v) is 6.86. The summed E-state index contributed by atoms with van der Waals surface area (Å²) in [6, 6.07) is 18.1. The second-order valence-corrected chi connectivity index (χ2v) is 9.26. The molecule has 1 aliphatic heterocycles. The zero-order valence-corrected chi connectivity index (χ0v) is 21.4. The van der Waals surface area contributed by atoms with Gasteiger partial charge in [0.1, 0.15) is 17.9 Å². The van der Waals surface area contributed by atoms with Crippen molar-refractivity contribution in [1.82, 2.24) is 4.90 Å². The molecule has 5 rings (SSSR count). The highest BCUT2D eigenvalue weighted by Gasteiger charge is 2.33. The molecule has 7 heteroatoms. The fourth-order valence-electron chi connectivity index (χ4n) is 4.97. The van der Waals surface area contributed by atoms with Crippen molar-refractivity contribution in [2.75, 3.05) is 27.4 Å². The molecule has 1 unspecified atom stereocenters. The van der Waals surface area contributed by atoms with E-state index in [1.807, 2.05) is 67.3 Å². The van der Waals surface area contributed by atoms with Crippen LogP contribution in [0.15, 0.2) is 69.9 Å². The molecule has 1 aliphatic rings. The Balaban J connectivity index is 1.52. The maximum Gasteiger partial charge on any atom is 0.336 e. The highest BCUT2D eigenvalue weighted by Crippen LogP contribution is 2.39. The van der Waals surface area contributed by atoms with E-state index < -0.39 is 5.63 Å². The standard InChI is InChI=1S/C30H29NO6/c1-18-6-5-7-21(12-18)30(33)31-11-10-20-14-27(34-3)28(35-4)16-24(20)25(31)17-36-22-8-9-23-19(2)13-29(32)37-26(23)15-22/h5-9,12-16,25H,10-11,17H2,1-4H3. The summed E-state index contributed by atoms with van der Waals surface area (Å²) < 4.78 is 22.7. The lowest BCUT2D eigenvalue weighted by molar-refractivity contribution is 0.0589. The molecule has 7 nitrogen and oxygen atoms in total. The van der Waals surface area contributed by atoms with Gasteiger partial charge in [-0.2, -0.15) is 0 Å². The Morgan fingerprint density at radius 1 is 1.00 bits per heavy atom. The van der Waals surface area contributed by atoms with Crippen molar-refractivity contribution in [3.05, 3.63) is 98.9 Å². The smallest absolute Gasteiger partial charge is 0.336 e. The van der Waals surface area contributed by atoms with Gasteiger partial charge in [0.15, 0.2) is 11.5 Å². The third kappa shape index (κ3) is 4.77. The van der Waals surface area contributed by atoms with Crippen LogP contribution in [-0.4, -0.2) is 38.2 Å². The van der Waals surface area contributed by atoms with Crippen molar-refractivity contribution < 1.29 is 23.4 Å². The van der Waals surface area contributed by atoms with Crippen LogP contribution in [0.25, 0.3) is 11.0 Å². The Labute approximate surface area is 215 Å². The Hall–Kier alpha value is -4.26. The molecule has 190 valence electrons. The monoisotopic (exact) mass is 499 g/mol. The Morgan fingerprint density at radius 3 is 2.54 bits per heavy atom. The minimum absolute atomic E-state index is 0.0575. The van der Waals surface area contributed by atoms with Crippen LogP contribution in [0.1, 0.15) is 38.7 Å². The largest absolute Gasteiger partial charge is 0.493 e. The van der Waals surface area contributed by atoms with Gasteiger partial charge in [-0.25, -0.2) is 4.79 Å². The second kappa shape index (κ2) is 10.0. The number of aryl methyl sites for hydroxylation is 2. The number of rotatable bonds is 6. The molecule has 0 fully saturated rings. The van der Waals surface area contributed by atoms with Gasteiger partial charge in [0, 0.05) is 29.6 Å². The molecule has 4 aromatic rings. The molecule has 0 spiro atoms. The van der Waals surface area contributed by atoms with Gasteiger partial charge in [-0.1, -0.05) is 17.7 Å². The quantitative estimate of drug-likeness (QED) is 0.338. The molecule has 2 heterocycles. The van der Waals surface area contributed by atoms with Crippen LogP contribution in [0, 0.1) is 13.8 Å². The number of nitrogens with zero attached hydrogens (tertiary/aromatic N) is 1. The fourth-order valence-corrected chi connectivity index (χ4v) is 4.97. The molecular formula is C30H29NO6. The zero-order valence-electron chi connectivity index (χ0n) is 21.4. The van der Waals surface area contributed by atoms with Gasteiger partial charge in [-0.15, -0.1) is 0 Å². The minimum Gasteiger partial charge on any atom is -0.493 e. The predicted octanol–water partition coefficient (Wildman–Crippen LogP) is 5.25. The number of hydrogen-bond acceptors (Lipinski definition) is 6. The summed E-state index contributed by atoms with van der Waals surface area (Å²) in [6.07, 6.45) is 0.685. The lowest BCUT2D eigenvalue weighted by atomic mass is 9.91. The van der Waals surface area contributed by atoms with Gasteiger partial charge in [0.05, 0.1) is 20.3 Å². The summed E-state index contributed by atoms with van der Waals surface area (Å²) >= 11 is 0. The van der Waals surface area contributed by atoms with Crippen LogP contribution in [0.5, 0.6) is 17.2 Å². The fraction of sp³-hybridized carbons (Fsp3) is 0.267. The van der Waals surface area contributed by atoms with E-state index in [2.05, 4.69) is 0 Å². The number of methoxy groups -OCH3 is 2. The van der Waals surface area contributed by atoms with Crippen LogP contribution < -0.4 is 19.8 Å². The Kier molecular flexibility index (Phi) is 6.61. The summed E-state index contributed by atoms with van der Waals surface area (Å²) in [4.78, 5) is 27.4. The number of carbonyl (C=O) groups excluding carboxylic acids is 1. The number of fused-ring (bicyclic) bond motifs is 2. The van der Waals surface area contributed by atoms with Crippen molar-refractivity contribution in [1.29, 1.82) is 0 Å². The van der Waals surface area contributed by atoms with E-state index in [4.69, 9.17) is 18.6 Å². The van der Waals surface area contributed by atoms with Crippen molar-refractivity contribution in [2.24, 2.45) is 0 Å². The van der Waals surface area contributed by atoms with Crippen LogP contribution >= 0.6 is 0 Å².